The zero-order chi connectivity index (χ0) is 20.2. The van der Waals surface area contributed by atoms with Crippen LogP contribution in [-0.4, -0.2) is 36.3 Å². The minimum atomic E-state index is -0.273. The molecule has 1 aliphatic heterocycles. The first-order valence-corrected chi connectivity index (χ1v) is 10.6. The van der Waals surface area contributed by atoms with Gasteiger partial charge in [-0.15, -0.1) is 0 Å². The molecule has 0 unspecified atom stereocenters. The van der Waals surface area contributed by atoms with Crippen LogP contribution in [0.3, 0.4) is 0 Å². The molecule has 2 aromatic carbocycles. The fourth-order valence-corrected chi connectivity index (χ4v) is 4.46. The van der Waals surface area contributed by atoms with Crippen LogP contribution >= 0.6 is 11.8 Å². The molecule has 150 valence electrons. The normalized spacial score (nSPS) is 17.6. The molecular weight excluding hydrogens is 386 g/mol. The number of hydrogen-bond donors (Lipinski definition) is 0. The number of imide groups is 1. The first-order chi connectivity index (χ1) is 14.1. The fraction of sp³-hybridized carbons (Fsp3) is 0.304. The molecule has 0 atom stereocenters. The molecular formula is C23H23NO4S. The molecule has 4 rings (SSSR count). The maximum atomic E-state index is 12.6. The van der Waals surface area contributed by atoms with Crippen molar-refractivity contribution in [3.8, 4) is 11.5 Å². The number of amides is 2. The van der Waals surface area contributed by atoms with E-state index in [-0.39, 0.29) is 24.3 Å². The summed E-state index contributed by atoms with van der Waals surface area (Å²) in [5.41, 5.74) is 3.60. The van der Waals surface area contributed by atoms with Gasteiger partial charge in [0.15, 0.2) is 0 Å². The number of fused-ring (bicyclic) bond motifs is 1. The highest BCUT2D eigenvalue weighted by Crippen LogP contribution is 2.32. The van der Waals surface area contributed by atoms with Gasteiger partial charge in [-0.2, -0.15) is 0 Å². The molecule has 0 spiro atoms. The second-order valence-electron chi connectivity index (χ2n) is 7.09. The van der Waals surface area contributed by atoms with Crippen LogP contribution in [0.4, 0.5) is 4.79 Å². The molecule has 1 heterocycles. The van der Waals surface area contributed by atoms with Gasteiger partial charge in [0, 0.05) is 0 Å². The average molecular weight is 410 g/mol. The van der Waals surface area contributed by atoms with E-state index in [1.54, 1.807) is 13.2 Å². The lowest BCUT2D eigenvalue weighted by Gasteiger charge is -2.17. The SMILES string of the molecule is COc1ccc(/C=C2\SC(=O)N(CCOc3ccc4c(c3)CCCC4)C2=O)cc1. The summed E-state index contributed by atoms with van der Waals surface area (Å²) in [7, 11) is 1.60. The van der Waals surface area contributed by atoms with Crippen molar-refractivity contribution in [1.82, 2.24) is 4.90 Å². The van der Waals surface area contributed by atoms with Crippen LogP contribution < -0.4 is 9.47 Å². The van der Waals surface area contributed by atoms with E-state index in [2.05, 4.69) is 12.1 Å². The lowest BCUT2D eigenvalue weighted by molar-refractivity contribution is -0.123. The third-order valence-electron chi connectivity index (χ3n) is 5.19. The van der Waals surface area contributed by atoms with Crippen molar-refractivity contribution in [2.45, 2.75) is 25.7 Å². The molecule has 0 bridgehead atoms. The van der Waals surface area contributed by atoms with Crippen LogP contribution in [0.15, 0.2) is 47.4 Å². The van der Waals surface area contributed by atoms with Gasteiger partial charge in [0.25, 0.3) is 11.1 Å². The maximum Gasteiger partial charge on any atom is 0.293 e. The van der Waals surface area contributed by atoms with E-state index in [1.807, 2.05) is 30.3 Å². The summed E-state index contributed by atoms with van der Waals surface area (Å²) < 4.78 is 11.0. The van der Waals surface area contributed by atoms with Gasteiger partial charge in [-0.3, -0.25) is 14.5 Å². The van der Waals surface area contributed by atoms with Crippen molar-refractivity contribution in [3.05, 3.63) is 64.1 Å². The Morgan fingerprint density at radius 2 is 1.72 bits per heavy atom. The van der Waals surface area contributed by atoms with Crippen LogP contribution in [0.5, 0.6) is 11.5 Å². The Labute approximate surface area is 174 Å². The molecule has 2 aromatic rings. The van der Waals surface area contributed by atoms with E-state index in [0.717, 1.165) is 41.7 Å². The zero-order valence-corrected chi connectivity index (χ0v) is 17.2. The smallest absolute Gasteiger partial charge is 0.293 e. The van der Waals surface area contributed by atoms with E-state index >= 15 is 0 Å². The van der Waals surface area contributed by atoms with Gasteiger partial charge in [-0.25, -0.2) is 0 Å². The topological polar surface area (TPSA) is 55.8 Å². The summed E-state index contributed by atoms with van der Waals surface area (Å²) in [6.45, 7) is 0.522. The van der Waals surface area contributed by atoms with E-state index < -0.39 is 0 Å². The lowest BCUT2D eigenvalue weighted by atomic mass is 9.92. The molecule has 0 aromatic heterocycles. The highest BCUT2D eigenvalue weighted by molar-refractivity contribution is 8.18. The van der Waals surface area contributed by atoms with Crippen molar-refractivity contribution < 1.29 is 19.1 Å². The van der Waals surface area contributed by atoms with Gasteiger partial charge >= 0.3 is 0 Å². The number of rotatable bonds is 6. The van der Waals surface area contributed by atoms with Gasteiger partial charge in [0.1, 0.15) is 18.1 Å². The third kappa shape index (κ3) is 4.48. The van der Waals surface area contributed by atoms with E-state index in [0.29, 0.717) is 4.91 Å². The highest BCUT2D eigenvalue weighted by Gasteiger charge is 2.34. The van der Waals surface area contributed by atoms with Gasteiger partial charge in [0.2, 0.25) is 0 Å². The molecule has 2 aliphatic rings. The molecule has 1 saturated heterocycles. The van der Waals surface area contributed by atoms with E-state index in [9.17, 15) is 9.59 Å². The van der Waals surface area contributed by atoms with Crippen molar-refractivity contribution in [3.63, 3.8) is 0 Å². The molecule has 0 saturated carbocycles. The molecule has 29 heavy (non-hydrogen) atoms. The number of thioether (sulfide) groups is 1. The first-order valence-electron chi connectivity index (χ1n) is 9.78. The molecule has 6 heteroatoms. The molecule has 1 aliphatic carbocycles. The zero-order valence-electron chi connectivity index (χ0n) is 16.3. The summed E-state index contributed by atoms with van der Waals surface area (Å²) in [6, 6.07) is 13.5. The monoisotopic (exact) mass is 409 g/mol. The Hall–Kier alpha value is -2.73. The number of nitrogens with zero attached hydrogens (tertiary/aromatic N) is 1. The quantitative estimate of drug-likeness (QED) is 0.648. The molecule has 2 amide bonds. The van der Waals surface area contributed by atoms with Gasteiger partial charge < -0.3 is 9.47 Å². The van der Waals surface area contributed by atoms with Crippen LogP contribution in [0, 0.1) is 0 Å². The maximum absolute atomic E-state index is 12.6. The Kier molecular flexibility index (Phi) is 5.90. The number of carbonyl (C=O) groups is 2. The van der Waals surface area contributed by atoms with Crippen LogP contribution in [-0.2, 0) is 17.6 Å². The molecule has 5 nitrogen and oxygen atoms in total. The minimum absolute atomic E-state index is 0.238. The number of benzene rings is 2. The summed E-state index contributed by atoms with van der Waals surface area (Å²) in [6.07, 6.45) is 6.41. The van der Waals surface area contributed by atoms with E-state index in [4.69, 9.17) is 9.47 Å². The van der Waals surface area contributed by atoms with Crippen LogP contribution in [0.25, 0.3) is 6.08 Å². The van der Waals surface area contributed by atoms with E-state index in [1.165, 1.54) is 28.9 Å². The van der Waals surface area contributed by atoms with Crippen LogP contribution in [0.2, 0.25) is 0 Å². The number of ether oxygens (including phenoxy) is 2. The predicted octanol–water partition coefficient (Wildman–Crippen LogP) is 4.69. The molecule has 0 N–H and O–H groups in total. The number of carbonyl (C=O) groups excluding carboxylic acids is 2. The summed E-state index contributed by atoms with van der Waals surface area (Å²) in [5.74, 6) is 1.27. The second kappa shape index (κ2) is 8.74. The summed E-state index contributed by atoms with van der Waals surface area (Å²) >= 11 is 0.963. The Morgan fingerprint density at radius 1 is 1.00 bits per heavy atom. The average Bonchev–Trinajstić information content (AvgIpc) is 3.01. The standard InChI is InChI=1S/C23H23NO4S/c1-27-19-9-6-16(7-10-19)14-21-22(25)24(23(26)29-21)12-13-28-20-11-8-17-4-2-3-5-18(17)15-20/h6-11,14-15H,2-5,12-13H2,1H3/b21-14-. The minimum Gasteiger partial charge on any atom is -0.497 e. The van der Waals surface area contributed by atoms with Crippen molar-refractivity contribution >= 4 is 29.0 Å². The Morgan fingerprint density at radius 3 is 2.48 bits per heavy atom. The molecule has 0 radical (unpaired) electrons. The predicted molar refractivity (Wildman–Crippen MR) is 114 cm³/mol. The summed E-state index contributed by atoms with van der Waals surface area (Å²) in [5, 5.41) is -0.260. The van der Waals surface area contributed by atoms with Gasteiger partial charge in [0.05, 0.1) is 18.6 Å². The Bertz CT molecular complexity index is 952. The van der Waals surface area contributed by atoms with Gasteiger partial charge in [-0.1, -0.05) is 18.2 Å². The van der Waals surface area contributed by atoms with Crippen molar-refractivity contribution in [1.29, 1.82) is 0 Å². The first kappa shape index (κ1) is 19.6. The number of hydrogen-bond acceptors (Lipinski definition) is 5. The number of methoxy groups -OCH3 is 1. The largest absolute Gasteiger partial charge is 0.497 e. The van der Waals surface area contributed by atoms with Gasteiger partial charge in [-0.05, 0) is 84.5 Å². The second-order valence-corrected chi connectivity index (χ2v) is 8.09. The van der Waals surface area contributed by atoms with Crippen molar-refractivity contribution in [2.75, 3.05) is 20.3 Å². The summed E-state index contributed by atoms with van der Waals surface area (Å²) in [4.78, 5) is 26.6. The molecule has 1 fully saturated rings. The number of aryl methyl sites for hydroxylation is 2. The highest BCUT2D eigenvalue weighted by atomic mass is 32.2. The van der Waals surface area contributed by atoms with Crippen LogP contribution in [0.1, 0.15) is 29.5 Å². The van der Waals surface area contributed by atoms with Crippen molar-refractivity contribution in [2.24, 2.45) is 0 Å². The Balaban J connectivity index is 1.36. The fourth-order valence-electron chi connectivity index (χ4n) is 3.60. The lowest BCUT2D eigenvalue weighted by Crippen LogP contribution is -2.32. The third-order valence-corrected chi connectivity index (χ3v) is 6.10.